The van der Waals surface area contributed by atoms with Crippen LogP contribution in [0, 0.1) is 0 Å². The first-order valence-electron chi connectivity index (χ1n) is 6.74. The van der Waals surface area contributed by atoms with Gasteiger partial charge in [0, 0.05) is 12.4 Å². The molecule has 1 amide bonds. The number of nitrogens with one attached hydrogen (secondary N) is 1. The molecule has 0 bridgehead atoms. The third kappa shape index (κ3) is 2.42. The van der Waals surface area contributed by atoms with Gasteiger partial charge >= 0.3 is 0 Å². The first-order chi connectivity index (χ1) is 9.67. The van der Waals surface area contributed by atoms with Gasteiger partial charge in [0.15, 0.2) is 5.82 Å². The Hall–Kier alpha value is -2.21. The zero-order chi connectivity index (χ0) is 14.0. The average Bonchev–Trinajstić information content (AvgIpc) is 3.11. The molecular formula is C14H17N5O. The number of nitrogens with two attached hydrogens (primary N) is 1. The molecule has 104 valence electrons. The van der Waals surface area contributed by atoms with Gasteiger partial charge in [-0.1, -0.05) is 12.8 Å². The van der Waals surface area contributed by atoms with Crippen molar-refractivity contribution in [1.82, 2.24) is 14.8 Å². The Bertz CT molecular complexity index is 585. The summed E-state index contributed by atoms with van der Waals surface area (Å²) >= 11 is 0. The molecule has 0 aliphatic heterocycles. The lowest BCUT2D eigenvalue weighted by molar-refractivity contribution is -0.121. The number of carbonyl (C=O) groups is 1. The van der Waals surface area contributed by atoms with Crippen LogP contribution in [0.5, 0.6) is 0 Å². The molecule has 6 heteroatoms. The standard InChI is InChI=1S/C14H17N5O/c15-14(6-1-2-7-14)13(20)18-11-4-5-12(16-10-11)19-9-3-8-17-19/h3-5,8-10H,1-2,6-7,15H2,(H,18,20). The molecule has 3 rings (SSSR count). The highest BCUT2D eigenvalue weighted by Crippen LogP contribution is 2.28. The average molecular weight is 271 g/mol. The highest BCUT2D eigenvalue weighted by molar-refractivity contribution is 5.98. The third-order valence-corrected chi connectivity index (χ3v) is 3.69. The molecule has 20 heavy (non-hydrogen) atoms. The highest BCUT2D eigenvalue weighted by atomic mass is 16.2. The Labute approximate surface area is 117 Å². The molecule has 2 aromatic rings. The number of pyridine rings is 1. The van der Waals surface area contributed by atoms with E-state index in [0.29, 0.717) is 11.5 Å². The fourth-order valence-corrected chi connectivity index (χ4v) is 2.49. The van der Waals surface area contributed by atoms with Crippen molar-refractivity contribution in [3.05, 3.63) is 36.8 Å². The van der Waals surface area contributed by atoms with Crippen LogP contribution in [-0.2, 0) is 4.79 Å². The van der Waals surface area contributed by atoms with Crippen LogP contribution in [0.4, 0.5) is 5.69 Å². The van der Waals surface area contributed by atoms with Crippen LogP contribution >= 0.6 is 0 Å². The fourth-order valence-electron chi connectivity index (χ4n) is 2.49. The third-order valence-electron chi connectivity index (χ3n) is 3.69. The summed E-state index contributed by atoms with van der Waals surface area (Å²) in [5, 5.41) is 6.94. The second kappa shape index (κ2) is 5.05. The van der Waals surface area contributed by atoms with E-state index in [1.807, 2.05) is 12.3 Å². The van der Waals surface area contributed by atoms with E-state index in [4.69, 9.17) is 5.73 Å². The number of amides is 1. The van der Waals surface area contributed by atoms with E-state index in [2.05, 4.69) is 15.4 Å². The van der Waals surface area contributed by atoms with E-state index in [1.54, 1.807) is 29.2 Å². The number of anilines is 1. The predicted molar refractivity (Wildman–Crippen MR) is 75.4 cm³/mol. The van der Waals surface area contributed by atoms with E-state index in [1.165, 1.54) is 0 Å². The molecule has 0 atom stereocenters. The highest BCUT2D eigenvalue weighted by Gasteiger charge is 2.36. The zero-order valence-electron chi connectivity index (χ0n) is 11.1. The Kier molecular flexibility index (Phi) is 3.23. The van der Waals surface area contributed by atoms with Crippen molar-refractivity contribution in [3.63, 3.8) is 0 Å². The molecule has 1 saturated carbocycles. The summed E-state index contributed by atoms with van der Waals surface area (Å²) < 4.78 is 1.66. The van der Waals surface area contributed by atoms with E-state index in [9.17, 15) is 4.79 Å². The Balaban J connectivity index is 1.71. The molecule has 2 heterocycles. The zero-order valence-corrected chi connectivity index (χ0v) is 11.1. The molecule has 3 N–H and O–H groups in total. The molecule has 2 aromatic heterocycles. The van der Waals surface area contributed by atoms with Crippen molar-refractivity contribution >= 4 is 11.6 Å². The van der Waals surface area contributed by atoms with Gasteiger partial charge in [-0.05, 0) is 31.0 Å². The van der Waals surface area contributed by atoms with Gasteiger partial charge in [-0.15, -0.1) is 0 Å². The van der Waals surface area contributed by atoms with E-state index in [0.717, 1.165) is 25.7 Å². The van der Waals surface area contributed by atoms with E-state index < -0.39 is 5.54 Å². The Morgan fingerprint density at radius 1 is 1.35 bits per heavy atom. The Morgan fingerprint density at radius 3 is 2.75 bits per heavy atom. The lowest BCUT2D eigenvalue weighted by Gasteiger charge is -2.22. The minimum absolute atomic E-state index is 0.122. The van der Waals surface area contributed by atoms with Gasteiger partial charge in [-0.3, -0.25) is 4.79 Å². The fraction of sp³-hybridized carbons (Fsp3) is 0.357. The molecule has 0 radical (unpaired) electrons. The maximum absolute atomic E-state index is 12.2. The summed E-state index contributed by atoms with van der Waals surface area (Å²) in [6.07, 6.45) is 8.65. The Morgan fingerprint density at radius 2 is 2.15 bits per heavy atom. The molecule has 1 fully saturated rings. The van der Waals surface area contributed by atoms with Crippen LogP contribution in [0.25, 0.3) is 5.82 Å². The maximum atomic E-state index is 12.2. The monoisotopic (exact) mass is 271 g/mol. The van der Waals surface area contributed by atoms with Crippen LogP contribution in [0.3, 0.4) is 0 Å². The first-order valence-corrected chi connectivity index (χ1v) is 6.74. The van der Waals surface area contributed by atoms with Gasteiger partial charge in [0.2, 0.25) is 5.91 Å². The largest absolute Gasteiger partial charge is 0.323 e. The number of aromatic nitrogens is 3. The predicted octanol–water partition coefficient (Wildman–Crippen LogP) is 1.48. The molecule has 0 aromatic carbocycles. The molecular weight excluding hydrogens is 254 g/mol. The summed E-state index contributed by atoms with van der Waals surface area (Å²) in [5.41, 5.74) is 6.04. The van der Waals surface area contributed by atoms with Crippen LogP contribution in [0.15, 0.2) is 36.8 Å². The van der Waals surface area contributed by atoms with Crippen LogP contribution in [0.1, 0.15) is 25.7 Å². The molecule has 1 aliphatic rings. The maximum Gasteiger partial charge on any atom is 0.244 e. The van der Waals surface area contributed by atoms with Crippen molar-refractivity contribution in [2.75, 3.05) is 5.32 Å². The minimum Gasteiger partial charge on any atom is -0.323 e. The van der Waals surface area contributed by atoms with Gasteiger partial charge in [-0.25, -0.2) is 9.67 Å². The summed E-state index contributed by atoms with van der Waals surface area (Å²) in [4.78, 5) is 16.4. The normalized spacial score (nSPS) is 17.1. The second-order valence-electron chi connectivity index (χ2n) is 5.17. The van der Waals surface area contributed by atoms with Crippen molar-refractivity contribution in [1.29, 1.82) is 0 Å². The van der Waals surface area contributed by atoms with Gasteiger partial charge in [0.1, 0.15) is 0 Å². The van der Waals surface area contributed by atoms with Crippen molar-refractivity contribution in [2.45, 2.75) is 31.2 Å². The molecule has 1 aliphatic carbocycles. The van der Waals surface area contributed by atoms with Crippen molar-refractivity contribution < 1.29 is 4.79 Å². The number of rotatable bonds is 3. The van der Waals surface area contributed by atoms with Crippen LogP contribution < -0.4 is 11.1 Å². The van der Waals surface area contributed by atoms with Crippen LogP contribution in [0.2, 0.25) is 0 Å². The van der Waals surface area contributed by atoms with Crippen molar-refractivity contribution in [2.24, 2.45) is 5.73 Å². The second-order valence-corrected chi connectivity index (χ2v) is 5.17. The number of carbonyl (C=O) groups excluding carboxylic acids is 1. The number of hydrogen-bond donors (Lipinski definition) is 2. The van der Waals surface area contributed by atoms with Gasteiger partial charge in [0.25, 0.3) is 0 Å². The lowest BCUT2D eigenvalue weighted by atomic mass is 9.98. The minimum atomic E-state index is -0.722. The van der Waals surface area contributed by atoms with Gasteiger partial charge in [0.05, 0.1) is 17.4 Å². The molecule has 0 saturated heterocycles. The topological polar surface area (TPSA) is 85.8 Å². The number of nitrogens with zero attached hydrogens (tertiary/aromatic N) is 3. The van der Waals surface area contributed by atoms with E-state index >= 15 is 0 Å². The summed E-state index contributed by atoms with van der Waals surface area (Å²) in [5.74, 6) is 0.583. The van der Waals surface area contributed by atoms with Gasteiger partial charge < -0.3 is 11.1 Å². The van der Waals surface area contributed by atoms with Gasteiger partial charge in [-0.2, -0.15) is 5.10 Å². The summed E-state index contributed by atoms with van der Waals surface area (Å²) in [6.45, 7) is 0. The summed E-state index contributed by atoms with van der Waals surface area (Å²) in [6, 6.07) is 5.44. The molecule has 0 unspecified atom stereocenters. The van der Waals surface area contributed by atoms with Crippen LogP contribution in [-0.4, -0.2) is 26.2 Å². The quantitative estimate of drug-likeness (QED) is 0.885. The SMILES string of the molecule is NC1(C(=O)Nc2ccc(-n3cccn3)nc2)CCCC1. The number of hydrogen-bond acceptors (Lipinski definition) is 4. The van der Waals surface area contributed by atoms with E-state index in [-0.39, 0.29) is 5.91 Å². The first kappa shape index (κ1) is 12.8. The summed E-state index contributed by atoms with van der Waals surface area (Å²) in [7, 11) is 0. The molecule has 0 spiro atoms. The smallest absolute Gasteiger partial charge is 0.244 e. The van der Waals surface area contributed by atoms with Crippen molar-refractivity contribution in [3.8, 4) is 5.82 Å². The molecule has 6 nitrogen and oxygen atoms in total. The lowest BCUT2D eigenvalue weighted by Crippen LogP contribution is -2.48.